The van der Waals surface area contributed by atoms with Gasteiger partial charge in [-0.1, -0.05) is 24.3 Å². The lowest BCUT2D eigenvalue weighted by Gasteiger charge is -2.11. The summed E-state index contributed by atoms with van der Waals surface area (Å²) in [6.07, 6.45) is 0. The number of hydrogen-bond donors (Lipinski definition) is 3. The molecule has 3 aromatic carbocycles. The van der Waals surface area contributed by atoms with Crippen molar-refractivity contribution in [1.82, 2.24) is 10.2 Å². The molecule has 0 spiro atoms. The van der Waals surface area contributed by atoms with Gasteiger partial charge in [0.25, 0.3) is 0 Å². The van der Waals surface area contributed by atoms with Crippen LogP contribution in [0.15, 0.2) is 77.7 Å². The second-order valence-electron chi connectivity index (χ2n) is 6.18. The minimum atomic E-state index is -3.74. The number of halogens is 1. The van der Waals surface area contributed by atoms with Gasteiger partial charge in [-0.3, -0.25) is 0 Å². The standard InChI is InChI=1S/C20H16N4O3S.ClH/c21-28(26,27)16-11-7-14(8-12-16)22-20-18-4-2-1-3-17(18)19(23-24-20)13-5-9-15(25)10-6-13;/h1-12,25H,(H,22,24)(H2,21,26,27);1H. The quantitative estimate of drug-likeness (QED) is 0.454. The summed E-state index contributed by atoms with van der Waals surface area (Å²) in [6.45, 7) is 0. The largest absolute Gasteiger partial charge is 0.508 e. The van der Waals surface area contributed by atoms with E-state index in [0.29, 0.717) is 17.2 Å². The predicted molar refractivity (Wildman–Crippen MR) is 115 cm³/mol. The summed E-state index contributed by atoms with van der Waals surface area (Å²) in [5, 5.41) is 28.2. The molecule has 9 heteroatoms. The van der Waals surface area contributed by atoms with E-state index in [0.717, 1.165) is 16.3 Å². The molecule has 0 saturated carbocycles. The van der Waals surface area contributed by atoms with Crippen molar-refractivity contribution in [3.63, 3.8) is 0 Å². The van der Waals surface area contributed by atoms with Gasteiger partial charge >= 0.3 is 0 Å². The van der Waals surface area contributed by atoms with Crippen molar-refractivity contribution < 1.29 is 13.5 Å². The number of nitrogens with zero attached hydrogens (tertiary/aromatic N) is 2. The lowest BCUT2D eigenvalue weighted by atomic mass is 10.0. The van der Waals surface area contributed by atoms with Crippen LogP contribution in [0.1, 0.15) is 0 Å². The molecule has 4 N–H and O–H groups in total. The molecule has 0 atom stereocenters. The molecule has 0 aliphatic carbocycles. The third kappa shape index (κ3) is 4.29. The summed E-state index contributed by atoms with van der Waals surface area (Å²) in [5.74, 6) is 0.726. The first kappa shape index (κ1) is 20.5. The predicted octanol–water partition coefficient (Wildman–Crippen LogP) is 3.82. The number of anilines is 2. The topological polar surface area (TPSA) is 118 Å². The van der Waals surface area contributed by atoms with Gasteiger partial charge in [-0.05, 0) is 48.5 Å². The number of nitrogens with one attached hydrogen (secondary N) is 1. The van der Waals surface area contributed by atoms with E-state index in [9.17, 15) is 13.5 Å². The molecule has 0 aliphatic heterocycles. The highest BCUT2D eigenvalue weighted by Gasteiger charge is 2.12. The Morgan fingerprint density at radius 1 is 0.828 bits per heavy atom. The van der Waals surface area contributed by atoms with Crippen molar-refractivity contribution in [3.05, 3.63) is 72.8 Å². The first-order valence-corrected chi connectivity index (χ1v) is 9.91. The van der Waals surface area contributed by atoms with E-state index in [1.54, 1.807) is 36.4 Å². The Morgan fingerprint density at radius 2 is 1.45 bits per heavy atom. The van der Waals surface area contributed by atoms with Crippen molar-refractivity contribution in [2.24, 2.45) is 5.14 Å². The van der Waals surface area contributed by atoms with Gasteiger partial charge in [0.2, 0.25) is 10.0 Å². The first-order valence-electron chi connectivity index (χ1n) is 8.36. The number of nitrogens with two attached hydrogens (primary N) is 1. The fourth-order valence-corrected chi connectivity index (χ4v) is 3.41. The third-order valence-electron chi connectivity index (χ3n) is 4.27. The Kier molecular flexibility index (Phi) is 5.69. The van der Waals surface area contributed by atoms with Crippen molar-refractivity contribution in [3.8, 4) is 17.0 Å². The van der Waals surface area contributed by atoms with Gasteiger partial charge in [0.1, 0.15) is 11.4 Å². The average Bonchev–Trinajstić information content (AvgIpc) is 2.69. The van der Waals surface area contributed by atoms with E-state index < -0.39 is 10.0 Å². The zero-order chi connectivity index (χ0) is 19.7. The average molecular weight is 429 g/mol. The molecule has 1 aromatic heterocycles. The van der Waals surface area contributed by atoms with E-state index >= 15 is 0 Å². The zero-order valence-electron chi connectivity index (χ0n) is 15.0. The maximum atomic E-state index is 11.4. The van der Waals surface area contributed by atoms with Crippen LogP contribution in [0.2, 0.25) is 0 Å². The Labute approximate surface area is 173 Å². The van der Waals surface area contributed by atoms with Crippen molar-refractivity contribution in [2.75, 3.05) is 5.32 Å². The molecule has 0 aliphatic rings. The maximum absolute atomic E-state index is 11.4. The number of aromatic nitrogens is 2. The first-order chi connectivity index (χ1) is 13.4. The molecular weight excluding hydrogens is 412 g/mol. The van der Waals surface area contributed by atoms with Crippen molar-refractivity contribution in [2.45, 2.75) is 4.90 Å². The molecule has 0 saturated heterocycles. The minimum absolute atomic E-state index is 0. The molecule has 4 aromatic rings. The van der Waals surface area contributed by atoms with Crippen LogP contribution < -0.4 is 10.5 Å². The minimum Gasteiger partial charge on any atom is -0.508 e. The number of fused-ring (bicyclic) bond motifs is 1. The maximum Gasteiger partial charge on any atom is 0.238 e. The van der Waals surface area contributed by atoms with E-state index in [1.165, 1.54) is 12.1 Å². The van der Waals surface area contributed by atoms with Crippen LogP contribution in [0.5, 0.6) is 5.75 Å². The van der Waals surface area contributed by atoms with Crippen LogP contribution in [0, 0.1) is 0 Å². The Bertz CT molecular complexity index is 1260. The normalized spacial score (nSPS) is 11.1. The fourth-order valence-electron chi connectivity index (χ4n) is 2.89. The van der Waals surface area contributed by atoms with Crippen LogP contribution in [-0.4, -0.2) is 23.7 Å². The second kappa shape index (κ2) is 8.04. The molecule has 0 unspecified atom stereocenters. The number of phenols is 1. The summed E-state index contributed by atoms with van der Waals surface area (Å²) in [6, 6.07) is 20.5. The highest BCUT2D eigenvalue weighted by Crippen LogP contribution is 2.31. The number of sulfonamides is 1. The molecule has 0 amide bonds. The molecule has 1 heterocycles. The SMILES string of the molecule is Cl.NS(=O)(=O)c1ccc(Nc2nnc(-c3ccc(O)cc3)c3ccccc23)cc1. The van der Waals surface area contributed by atoms with Crippen LogP contribution >= 0.6 is 12.4 Å². The molecule has 0 bridgehead atoms. The summed E-state index contributed by atoms with van der Waals surface area (Å²) in [5.41, 5.74) is 2.19. The number of hydrogen-bond acceptors (Lipinski definition) is 6. The highest BCUT2D eigenvalue weighted by molar-refractivity contribution is 7.89. The van der Waals surface area contributed by atoms with Gasteiger partial charge in [-0.15, -0.1) is 22.6 Å². The number of phenolic OH excluding ortho intramolecular Hbond substituents is 1. The lowest BCUT2D eigenvalue weighted by molar-refractivity contribution is 0.475. The van der Waals surface area contributed by atoms with E-state index in [2.05, 4.69) is 15.5 Å². The highest BCUT2D eigenvalue weighted by atomic mass is 35.5. The smallest absolute Gasteiger partial charge is 0.238 e. The Hall–Kier alpha value is -3.20. The van der Waals surface area contributed by atoms with Gasteiger partial charge in [0.15, 0.2) is 5.82 Å². The third-order valence-corrected chi connectivity index (χ3v) is 5.20. The molecule has 0 fully saturated rings. The Morgan fingerprint density at radius 3 is 2.07 bits per heavy atom. The van der Waals surface area contributed by atoms with Gasteiger partial charge in [0, 0.05) is 22.0 Å². The molecule has 7 nitrogen and oxygen atoms in total. The van der Waals surface area contributed by atoms with Crippen LogP contribution in [0.25, 0.3) is 22.0 Å². The summed E-state index contributed by atoms with van der Waals surface area (Å²) >= 11 is 0. The fraction of sp³-hybridized carbons (Fsp3) is 0. The second-order valence-corrected chi connectivity index (χ2v) is 7.75. The number of rotatable bonds is 4. The Balaban J connectivity index is 0.00000240. The lowest BCUT2D eigenvalue weighted by Crippen LogP contribution is -2.11. The van der Waals surface area contributed by atoms with Gasteiger partial charge < -0.3 is 10.4 Å². The van der Waals surface area contributed by atoms with Crippen molar-refractivity contribution >= 4 is 44.7 Å². The molecule has 29 heavy (non-hydrogen) atoms. The van der Waals surface area contributed by atoms with Crippen molar-refractivity contribution in [1.29, 1.82) is 0 Å². The molecule has 148 valence electrons. The number of benzene rings is 3. The molecule has 4 rings (SSSR count). The molecular formula is C20H17ClN4O3S. The monoisotopic (exact) mass is 428 g/mol. The number of primary sulfonamides is 1. The van der Waals surface area contributed by atoms with Gasteiger partial charge in [0.05, 0.1) is 4.90 Å². The van der Waals surface area contributed by atoms with Gasteiger partial charge in [-0.2, -0.15) is 0 Å². The summed E-state index contributed by atoms with van der Waals surface area (Å²) < 4.78 is 22.8. The summed E-state index contributed by atoms with van der Waals surface area (Å²) in [7, 11) is -3.74. The zero-order valence-corrected chi connectivity index (χ0v) is 16.6. The van der Waals surface area contributed by atoms with Crippen LogP contribution in [-0.2, 0) is 10.0 Å². The van der Waals surface area contributed by atoms with E-state index in [1.807, 2.05) is 24.3 Å². The molecule has 0 radical (unpaired) electrons. The van der Waals surface area contributed by atoms with Crippen LogP contribution in [0.3, 0.4) is 0 Å². The summed E-state index contributed by atoms with van der Waals surface area (Å²) in [4.78, 5) is 0.0386. The number of aromatic hydroxyl groups is 1. The van der Waals surface area contributed by atoms with Crippen LogP contribution in [0.4, 0.5) is 11.5 Å². The van der Waals surface area contributed by atoms with E-state index in [4.69, 9.17) is 5.14 Å². The van der Waals surface area contributed by atoms with Gasteiger partial charge in [-0.25, -0.2) is 13.6 Å². The van der Waals surface area contributed by atoms with E-state index in [-0.39, 0.29) is 23.1 Å².